The molecule has 0 radical (unpaired) electrons. The molecule has 0 heterocycles. The molecule has 0 aromatic rings. The highest BCUT2D eigenvalue weighted by Gasteiger charge is 2.14. The minimum absolute atomic E-state index is 0.132. The maximum atomic E-state index is 10.5. The fourth-order valence-corrected chi connectivity index (χ4v) is 2.55. The molecule has 22 heavy (non-hydrogen) atoms. The van der Waals surface area contributed by atoms with Crippen LogP contribution < -0.4 is 0 Å². The van der Waals surface area contributed by atoms with E-state index in [1.54, 1.807) is 0 Å². The van der Waals surface area contributed by atoms with E-state index in [1.165, 1.54) is 52.4 Å². The summed E-state index contributed by atoms with van der Waals surface area (Å²) in [5.41, 5.74) is 0. The Kier molecular flexibility index (Phi) is 12.9. The Labute approximate surface area is 135 Å². The molecule has 0 bridgehead atoms. The minimum atomic E-state index is -0.162. The first-order valence-electron chi connectivity index (χ1n) is 8.80. The van der Waals surface area contributed by atoms with Crippen LogP contribution in [0.4, 0.5) is 0 Å². The summed E-state index contributed by atoms with van der Waals surface area (Å²) in [6, 6.07) is 0. The van der Waals surface area contributed by atoms with E-state index in [9.17, 15) is 9.59 Å². The summed E-state index contributed by atoms with van der Waals surface area (Å²) in [7, 11) is 0. The van der Waals surface area contributed by atoms with Gasteiger partial charge >= 0.3 is 11.9 Å². The summed E-state index contributed by atoms with van der Waals surface area (Å²) in [5.74, 6) is 0.269. The van der Waals surface area contributed by atoms with Crippen molar-refractivity contribution in [2.45, 2.75) is 91.6 Å². The standard InChI is InChI=1S/C10H20O2.C8H14O2/c1-4-6-7-10(5-2)8-12-9(3)11;1-7(9)10-8-5-3-2-4-6-8/h10H,4-8H2,1-3H3;8H,2-6H2,1H3. The van der Waals surface area contributed by atoms with E-state index < -0.39 is 0 Å². The van der Waals surface area contributed by atoms with E-state index in [4.69, 9.17) is 9.47 Å². The fourth-order valence-electron chi connectivity index (χ4n) is 2.55. The zero-order chi connectivity index (χ0) is 16.8. The number of hydrogen-bond donors (Lipinski definition) is 0. The molecule has 1 rings (SSSR count). The van der Waals surface area contributed by atoms with E-state index >= 15 is 0 Å². The van der Waals surface area contributed by atoms with Crippen LogP contribution in [0.25, 0.3) is 0 Å². The van der Waals surface area contributed by atoms with Crippen LogP contribution in [0.1, 0.15) is 85.5 Å². The molecule has 0 aromatic heterocycles. The van der Waals surface area contributed by atoms with Gasteiger partial charge in [-0.05, 0) is 38.0 Å². The molecule has 1 atom stereocenters. The number of hydrogen-bond acceptors (Lipinski definition) is 4. The lowest BCUT2D eigenvalue weighted by molar-refractivity contribution is -0.147. The van der Waals surface area contributed by atoms with Crippen LogP contribution >= 0.6 is 0 Å². The summed E-state index contributed by atoms with van der Waals surface area (Å²) >= 11 is 0. The third kappa shape index (κ3) is 12.7. The number of unbranched alkanes of at least 4 members (excludes halogenated alkanes) is 1. The number of rotatable bonds is 7. The highest BCUT2D eigenvalue weighted by Crippen LogP contribution is 2.20. The van der Waals surface area contributed by atoms with E-state index in [-0.39, 0.29) is 18.0 Å². The summed E-state index contributed by atoms with van der Waals surface area (Å²) < 4.78 is 10.0. The van der Waals surface area contributed by atoms with Gasteiger partial charge in [-0.3, -0.25) is 9.59 Å². The molecule has 1 aliphatic carbocycles. The lowest BCUT2D eigenvalue weighted by Crippen LogP contribution is -2.18. The van der Waals surface area contributed by atoms with Crippen molar-refractivity contribution in [3.05, 3.63) is 0 Å². The van der Waals surface area contributed by atoms with Gasteiger partial charge in [-0.25, -0.2) is 0 Å². The Morgan fingerprint density at radius 3 is 2.14 bits per heavy atom. The Balaban J connectivity index is 0.000000406. The number of esters is 2. The summed E-state index contributed by atoms with van der Waals surface area (Å²) in [5, 5.41) is 0. The van der Waals surface area contributed by atoms with Gasteiger partial charge in [-0.2, -0.15) is 0 Å². The molecule has 0 aliphatic heterocycles. The van der Waals surface area contributed by atoms with Gasteiger partial charge in [0.1, 0.15) is 6.10 Å². The van der Waals surface area contributed by atoms with Gasteiger partial charge in [0.05, 0.1) is 6.61 Å². The van der Waals surface area contributed by atoms with Crippen molar-refractivity contribution in [1.29, 1.82) is 0 Å². The summed E-state index contributed by atoms with van der Waals surface area (Å²) in [6.45, 7) is 7.87. The fraction of sp³-hybridized carbons (Fsp3) is 0.889. The molecule has 1 unspecified atom stereocenters. The van der Waals surface area contributed by atoms with Crippen molar-refractivity contribution in [3.8, 4) is 0 Å². The van der Waals surface area contributed by atoms with Crippen molar-refractivity contribution < 1.29 is 19.1 Å². The third-order valence-corrected chi connectivity index (χ3v) is 3.95. The first-order chi connectivity index (χ1) is 10.5. The first kappa shape index (κ1) is 20.9. The van der Waals surface area contributed by atoms with Crippen LogP contribution in [0.15, 0.2) is 0 Å². The van der Waals surface area contributed by atoms with Crippen LogP contribution in [0.3, 0.4) is 0 Å². The van der Waals surface area contributed by atoms with E-state index in [1.807, 2.05) is 0 Å². The van der Waals surface area contributed by atoms with Gasteiger partial charge in [0.2, 0.25) is 0 Å². The Hall–Kier alpha value is -1.06. The van der Waals surface area contributed by atoms with Gasteiger partial charge in [0, 0.05) is 13.8 Å². The predicted octanol–water partition coefficient (Wildman–Crippen LogP) is 4.65. The topological polar surface area (TPSA) is 52.6 Å². The lowest BCUT2D eigenvalue weighted by atomic mass is 9.98. The summed E-state index contributed by atoms with van der Waals surface area (Å²) in [6.07, 6.45) is 10.8. The Morgan fingerprint density at radius 2 is 1.68 bits per heavy atom. The highest BCUT2D eigenvalue weighted by molar-refractivity contribution is 5.66. The molecule has 0 aromatic carbocycles. The van der Waals surface area contributed by atoms with E-state index in [0.29, 0.717) is 12.5 Å². The molecule has 4 nitrogen and oxygen atoms in total. The molecule has 1 fully saturated rings. The largest absolute Gasteiger partial charge is 0.466 e. The van der Waals surface area contributed by atoms with Crippen LogP contribution in [-0.4, -0.2) is 24.6 Å². The van der Waals surface area contributed by atoms with Crippen molar-refractivity contribution in [3.63, 3.8) is 0 Å². The second-order valence-corrected chi connectivity index (χ2v) is 6.09. The second-order valence-electron chi connectivity index (χ2n) is 6.09. The monoisotopic (exact) mass is 314 g/mol. The first-order valence-corrected chi connectivity index (χ1v) is 8.80. The lowest BCUT2D eigenvalue weighted by Gasteiger charge is -2.20. The average molecular weight is 314 g/mol. The van der Waals surface area contributed by atoms with E-state index in [2.05, 4.69) is 13.8 Å². The zero-order valence-electron chi connectivity index (χ0n) is 14.9. The molecule has 130 valence electrons. The molecular formula is C18H34O4. The molecular weight excluding hydrogens is 280 g/mol. The van der Waals surface area contributed by atoms with Crippen LogP contribution in [-0.2, 0) is 19.1 Å². The van der Waals surface area contributed by atoms with Gasteiger partial charge in [0.15, 0.2) is 0 Å². The number of carbonyl (C=O) groups excluding carboxylic acids is 2. The van der Waals surface area contributed by atoms with Crippen LogP contribution in [0, 0.1) is 5.92 Å². The minimum Gasteiger partial charge on any atom is -0.466 e. The molecule has 0 saturated heterocycles. The average Bonchev–Trinajstić information content (AvgIpc) is 2.48. The second kappa shape index (κ2) is 13.6. The smallest absolute Gasteiger partial charge is 0.302 e. The van der Waals surface area contributed by atoms with E-state index in [0.717, 1.165) is 19.3 Å². The molecule has 0 amide bonds. The highest BCUT2D eigenvalue weighted by atomic mass is 16.5. The quantitative estimate of drug-likeness (QED) is 0.642. The van der Waals surface area contributed by atoms with Gasteiger partial charge in [-0.15, -0.1) is 0 Å². The molecule has 0 spiro atoms. The number of carbonyl (C=O) groups is 2. The Bertz CT molecular complexity index is 295. The van der Waals surface area contributed by atoms with Crippen molar-refractivity contribution in [1.82, 2.24) is 0 Å². The van der Waals surface area contributed by atoms with Crippen molar-refractivity contribution >= 4 is 11.9 Å². The SMILES string of the molecule is CC(=O)OC1CCCCC1.CCCCC(CC)COC(C)=O. The predicted molar refractivity (Wildman–Crippen MR) is 88.6 cm³/mol. The van der Waals surface area contributed by atoms with Crippen molar-refractivity contribution in [2.24, 2.45) is 5.92 Å². The molecule has 0 N–H and O–H groups in total. The molecule has 4 heteroatoms. The van der Waals surface area contributed by atoms with Gasteiger partial charge in [0.25, 0.3) is 0 Å². The van der Waals surface area contributed by atoms with Gasteiger partial charge < -0.3 is 9.47 Å². The van der Waals surface area contributed by atoms with Crippen LogP contribution in [0.5, 0.6) is 0 Å². The Morgan fingerprint density at radius 1 is 1.05 bits per heavy atom. The van der Waals surface area contributed by atoms with Crippen LogP contribution in [0.2, 0.25) is 0 Å². The van der Waals surface area contributed by atoms with Crippen molar-refractivity contribution in [2.75, 3.05) is 6.61 Å². The molecule has 1 aliphatic rings. The maximum Gasteiger partial charge on any atom is 0.302 e. The zero-order valence-corrected chi connectivity index (χ0v) is 14.9. The third-order valence-electron chi connectivity index (χ3n) is 3.95. The maximum absolute atomic E-state index is 10.5. The van der Waals surface area contributed by atoms with Gasteiger partial charge in [-0.1, -0.05) is 39.5 Å². The number of ether oxygens (including phenoxy) is 2. The normalized spacial score (nSPS) is 16.2. The summed E-state index contributed by atoms with van der Waals surface area (Å²) in [4.78, 5) is 21.0. The molecule has 1 saturated carbocycles.